The monoisotopic (exact) mass is 345 g/mol. The normalized spacial score (nSPS) is 14.8. The van der Waals surface area contributed by atoms with E-state index in [1.54, 1.807) is 35.2 Å². The number of hydrogen-bond donors (Lipinski definition) is 0. The molecule has 25 heavy (non-hydrogen) atoms. The molecule has 6 nitrogen and oxygen atoms in total. The largest absolute Gasteiger partial charge is 0.465 e. The van der Waals surface area contributed by atoms with Crippen LogP contribution in [0.15, 0.2) is 30.3 Å². The van der Waals surface area contributed by atoms with Crippen molar-refractivity contribution in [2.45, 2.75) is 25.7 Å². The molecule has 0 bridgehead atoms. The molecule has 134 valence electrons. The molecule has 1 fully saturated rings. The summed E-state index contributed by atoms with van der Waals surface area (Å²) in [5.74, 6) is -1.13. The van der Waals surface area contributed by atoms with Gasteiger partial charge in [-0.1, -0.05) is 25.0 Å². The zero-order chi connectivity index (χ0) is 18.1. The lowest BCUT2D eigenvalue weighted by Gasteiger charge is -2.19. The summed E-state index contributed by atoms with van der Waals surface area (Å²) in [6, 6.07) is 6.61. The first-order chi connectivity index (χ1) is 12.1. The van der Waals surface area contributed by atoms with Crippen LogP contribution in [0, 0.1) is 0 Å². The van der Waals surface area contributed by atoms with Gasteiger partial charge >= 0.3 is 11.9 Å². The third-order valence-electron chi connectivity index (χ3n) is 4.04. The number of ether oxygens (including phenoxy) is 2. The Labute approximate surface area is 147 Å². The van der Waals surface area contributed by atoms with Gasteiger partial charge in [-0.3, -0.25) is 4.79 Å². The number of benzene rings is 1. The third kappa shape index (κ3) is 6.06. The maximum atomic E-state index is 12.0. The minimum atomic E-state index is -0.569. The highest BCUT2D eigenvalue weighted by Gasteiger charge is 2.16. The van der Waals surface area contributed by atoms with E-state index in [0.717, 1.165) is 44.3 Å². The Bertz CT molecular complexity index is 628. The van der Waals surface area contributed by atoms with Gasteiger partial charge in [-0.25, -0.2) is 9.59 Å². The smallest absolute Gasteiger partial charge is 0.337 e. The van der Waals surface area contributed by atoms with Crippen LogP contribution in [0.2, 0.25) is 0 Å². The topological polar surface area (TPSA) is 72.9 Å². The molecular weight excluding hydrogens is 322 g/mol. The average Bonchev–Trinajstić information content (AvgIpc) is 2.93. The van der Waals surface area contributed by atoms with E-state index >= 15 is 0 Å². The Balaban J connectivity index is 1.80. The van der Waals surface area contributed by atoms with Gasteiger partial charge in [-0.2, -0.15) is 0 Å². The van der Waals surface area contributed by atoms with Crippen molar-refractivity contribution in [2.75, 3.05) is 26.8 Å². The minimum Gasteiger partial charge on any atom is -0.465 e. The summed E-state index contributed by atoms with van der Waals surface area (Å²) in [5.41, 5.74) is 1.17. The number of rotatable bonds is 5. The summed E-state index contributed by atoms with van der Waals surface area (Å²) in [6.45, 7) is 1.24. The van der Waals surface area contributed by atoms with E-state index in [0.29, 0.717) is 5.56 Å². The van der Waals surface area contributed by atoms with Gasteiger partial charge in [0.05, 0.1) is 12.7 Å². The molecule has 0 radical (unpaired) electrons. The van der Waals surface area contributed by atoms with E-state index in [9.17, 15) is 14.4 Å². The molecule has 1 heterocycles. The highest BCUT2D eigenvalue weighted by atomic mass is 16.5. The van der Waals surface area contributed by atoms with Crippen LogP contribution in [0.4, 0.5) is 0 Å². The van der Waals surface area contributed by atoms with E-state index in [4.69, 9.17) is 4.74 Å². The lowest BCUT2D eigenvalue weighted by Crippen LogP contribution is -2.35. The van der Waals surface area contributed by atoms with Crippen molar-refractivity contribution in [3.63, 3.8) is 0 Å². The Morgan fingerprint density at radius 2 is 1.68 bits per heavy atom. The van der Waals surface area contributed by atoms with Gasteiger partial charge in [0.25, 0.3) is 5.91 Å². The maximum Gasteiger partial charge on any atom is 0.337 e. The molecule has 1 amide bonds. The third-order valence-corrected chi connectivity index (χ3v) is 4.04. The van der Waals surface area contributed by atoms with Crippen LogP contribution < -0.4 is 0 Å². The Morgan fingerprint density at radius 3 is 2.28 bits per heavy atom. The van der Waals surface area contributed by atoms with Crippen molar-refractivity contribution in [3.8, 4) is 0 Å². The van der Waals surface area contributed by atoms with Crippen LogP contribution in [0.1, 0.15) is 41.6 Å². The fourth-order valence-corrected chi connectivity index (χ4v) is 2.60. The molecule has 2 rings (SSSR count). The summed E-state index contributed by atoms with van der Waals surface area (Å²) >= 11 is 0. The molecule has 6 heteroatoms. The number of hydrogen-bond acceptors (Lipinski definition) is 5. The molecular formula is C19H23NO5. The zero-order valence-electron chi connectivity index (χ0n) is 14.4. The van der Waals surface area contributed by atoms with E-state index < -0.39 is 11.9 Å². The van der Waals surface area contributed by atoms with Crippen molar-refractivity contribution in [1.82, 2.24) is 4.90 Å². The van der Waals surface area contributed by atoms with Crippen molar-refractivity contribution in [2.24, 2.45) is 0 Å². The summed E-state index contributed by atoms with van der Waals surface area (Å²) < 4.78 is 9.63. The Hall–Kier alpha value is -2.63. The summed E-state index contributed by atoms with van der Waals surface area (Å²) in [4.78, 5) is 36.9. The van der Waals surface area contributed by atoms with E-state index in [1.165, 1.54) is 13.2 Å². The average molecular weight is 345 g/mol. The lowest BCUT2D eigenvalue weighted by atomic mass is 10.1. The van der Waals surface area contributed by atoms with Crippen molar-refractivity contribution >= 4 is 23.9 Å². The number of likely N-dealkylation sites (tertiary alicyclic amines) is 1. The molecule has 1 aromatic carbocycles. The molecule has 0 spiro atoms. The quantitative estimate of drug-likeness (QED) is 0.605. The standard InChI is InChI=1S/C19H23NO5/c1-24-19(23)16-9-6-15(7-10-16)8-11-18(22)25-14-17(21)20-12-4-2-3-5-13-20/h6-11H,2-5,12-14H2,1H3/b11-8+. The number of nitrogens with zero attached hydrogens (tertiary/aromatic N) is 1. The van der Waals surface area contributed by atoms with Gasteiger partial charge in [0.2, 0.25) is 0 Å². The van der Waals surface area contributed by atoms with E-state index in [-0.39, 0.29) is 12.5 Å². The minimum absolute atomic E-state index is 0.147. The van der Waals surface area contributed by atoms with Crippen LogP contribution >= 0.6 is 0 Å². The van der Waals surface area contributed by atoms with Gasteiger partial charge < -0.3 is 14.4 Å². The molecule has 0 atom stereocenters. The predicted octanol–water partition coefficient (Wildman–Crippen LogP) is 2.43. The number of carbonyl (C=O) groups excluding carboxylic acids is 3. The van der Waals surface area contributed by atoms with Crippen LogP contribution in [0.5, 0.6) is 0 Å². The fourth-order valence-electron chi connectivity index (χ4n) is 2.60. The summed E-state index contributed by atoms with van der Waals surface area (Å²) in [6.07, 6.45) is 7.12. The van der Waals surface area contributed by atoms with Crippen LogP contribution in [-0.4, -0.2) is 49.6 Å². The second kappa shape index (κ2) is 9.61. The van der Waals surface area contributed by atoms with E-state index in [1.807, 2.05) is 0 Å². The highest BCUT2D eigenvalue weighted by Crippen LogP contribution is 2.10. The number of amides is 1. The number of esters is 2. The highest BCUT2D eigenvalue weighted by molar-refractivity contribution is 5.91. The molecule has 0 N–H and O–H groups in total. The first-order valence-corrected chi connectivity index (χ1v) is 8.41. The summed E-state index contributed by atoms with van der Waals surface area (Å²) in [5, 5.41) is 0. The molecule has 0 saturated carbocycles. The maximum absolute atomic E-state index is 12.0. The molecule has 1 saturated heterocycles. The van der Waals surface area contributed by atoms with Gasteiger partial charge in [0.1, 0.15) is 0 Å². The molecule has 0 aliphatic carbocycles. The second-order valence-electron chi connectivity index (χ2n) is 5.85. The van der Waals surface area contributed by atoms with Crippen LogP contribution in [0.25, 0.3) is 6.08 Å². The van der Waals surface area contributed by atoms with Crippen molar-refractivity contribution in [3.05, 3.63) is 41.5 Å². The van der Waals surface area contributed by atoms with Gasteiger partial charge in [0, 0.05) is 19.2 Å². The molecule has 0 aromatic heterocycles. The fraction of sp³-hybridized carbons (Fsp3) is 0.421. The van der Waals surface area contributed by atoms with E-state index in [2.05, 4.69) is 4.74 Å². The molecule has 1 aromatic rings. The summed E-state index contributed by atoms with van der Waals surface area (Å²) in [7, 11) is 1.32. The predicted molar refractivity (Wildman–Crippen MR) is 92.8 cm³/mol. The molecule has 0 unspecified atom stereocenters. The molecule has 1 aliphatic heterocycles. The molecule has 1 aliphatic rings. The van der Waals surface area contributed by atoms with Gasteiger partial charge in [-0.05, 0) is 36.6 Å². The Kier molecular flexibility index (Phi) is 7.19. The number of carbonyl (C=O) groups is 3. The van der Waals surface area contributed by atoms with Crippen LogP contribution in [0.3, 0.4) is 0 Å². The van der Waals surface area contributed by atoms with Crippen LogP contribution in [-0.2, 0) is 19.1 Å². The SMILES string of the molecule is COC(=O)c1ccc(/C=C/C(=O)OCC(=O)N2CCCCCC2)cc1. The van der Waals surface area contributed by atoms with Gasteiger partial charge in [0.15, 0.2) is 6.61 Å². The number of methoxy groups -OCH3 is 1. The Morgan fingerprint density at radius 1 is 1.04 bits per heavy atom. The van der Waals surface area contributed by atoms with Crippen molar-refractivity contribution in [1.29, 1.82) is 0 Å². The van der Waals surface area contributed by atoms with Gasteiger partial charge in [-0.15, -0.1) is 0 Å². The first-order valence-electron chi connectivity index (χ1n) is 8.41. The van der Waals surface area contributed by atoms with Crippen molar-refractivity contribution < 1.29 is 23.9 Å². The second-order valence-corrected chi connectivity index (χ2v) is 5.85. The zero-order valence-corrected chi connectivity index (χ0v) is 14.4. The lowest BCUT2D eigenvalue weighted by molar-refractivity contribution is -0.148. The first kappa shape index (κ1) is 18.7.